The van der Waals surface area contributed by atoms with Gasteiger partial charge in [0.05, 0.1) is 21.1 Å². The Morgan fingerprint density at radius 3 is 3.06 bits per heavy atom. The van der Waals surface area contributed by atoms with Crippen LogP contribution in [0.3, 0.4) is 0 Å². The van der Waals surface area contributed by atoms with Crippen LogP contribution in [0, 0.1) is 0 Å². The molecule has 0 aliphatic carbocycles. The molecule has 3 aromatic heterocycles. The first-order chi connectivity index (χ1) is 15.2. The largest absolute Gasteiger partial charge is 0.340 e. The first kappa shape index (κ1) is 19.9. The molecule has 158 valence electrons. The summed E-state index contributed by atoms with van der Waals surface area (Å²) in [6.07, 6.45) is 5.60. The SMILES string of the molecule is CCCNC(=O)N1CCC=C(c2cc3c(Nc4ccc5scnc5c4)ncnc3s2)C1. The number of anilines is 2. The zero-order chi connectivity index (χ0) is 21.2. The number of carbonyl (C=O) groups is 1. The lowest BCUT2D eigenvalue weighted by atomic mass is 10.1. The number of carbonyl (C=O) groups excluding carboxylic acids is 1. The van der Waals surface area contributed by atoms with E-state index in [4.69, 9.17) is 0 Å². The second-order valence-corrected chi connectivity index (χ2v) is 9.30. The molecule has 1 aliphatic rings. The Labute approximate surface area is 187 Å². The number of rotatable bonds is 5. The summed E-state index contributed by atoms with van der Waals surface area (Å²) in [5.74, 6) is 0.774. The molecule has 0 saturated carbocycles. The Kier molecular flexibility index (Phi) is 5.52. The molecule has 0 atom stereocenters. The predicted octanol–water partition coefficient (Wildman–Crippen LogP) is 5.25. The second-order valence-electron chi connectivity index (χ2n) is 7.38. The minimum atomic E-state index is 0.00754. The quantitative estimate of drug-likeness (QED) is 0.434. The Hall–Kier alpha value is -3.04. The molecule has 0 fully saturated rings. The number of fused-ring (bicyclic) bond motifs is 2. The summed E-state index contributed by atoms with van der Waals surface area (Å²) in [6.45, 7) is 4.11. The molecule has 2 amide bonds. The Morgan fingerprint density at radius 1 is 1.23 bits per heavy atom. The molecule has 9 heteroatoms. The van der Waals surface area contributed by atoms with Crippen LogP contribution in [0.2, 0.25) is 0 Å². The normalized spacial score (nSPS) is 14.1. The van der Waals surface area contributed by atoms with E-state index in [9.17, 15) is 4.79 Å². The maximum atomic E-state index is 12.4. The van der Waals surface area contributed by atoms with E-state index in [0.29, 0.717) is 13.1 Å². The van der Waals surface area contributed by atoms with Gasteiger partial charge in [-0.15, -0.1) is 22.7 Å². The van der Waals surface area contributed by atoms with Gasteiger partial charge in [-0.3, -0.25) is 0 Å². The molecule has 2 N–H and O–H groups in total. The van der Waals surface area contributed by atoms with E-state index in [1.807, 2.05) is 22.5 Å². The van der Waals surface area contributed by atoms with Crippen LogP contribution in [0.15, 0.2) is 42.2 Å². The molecular weight excluding hydrogens is 428 g/mol. The Balaban J connectivity index is 1.40. The van der Waals surface area contributed by atoms with Crippen molar-refractivity contribution in [3.63, 3.8) is 0 Å². The van der Waals surface area contributed by atoms with Gasteiger partial charge in [0, 0.05) is 30.2 Å². The van der Waals surface area contributed by atoms with Gasteiger partial charge >= 0.3 is 6.03 Å². The summed E-state index contributed by atoms with van der Waals surface area (Å²) >= 11 is 3.26. The molecule has 0 saturated heterocycles. The molecule has 0 spiro atoms. The predicted molar refractivity (Wildman–Crippen MR) is 128 cm³/mol. The number of amides is 2. The highest BCUT2D eigenvalue weighted by atomic mass is 32.1. The van der Waals surface area contributed by atoms with Gasteiger partial charge < -0.3 is 15.5 Å². The summed E-state index contributed by atoms with van der Waals surface area (Å²) in [5.41, 5.74) is 4.93. The van der Waals surface area contributed by atoms with E-state index < -0.39 is 0 Å². The highest BCUT2D eigenvalue weighted by molar-refractivity contribution is 7.19. The van der Waals surface area contributed by atoms with Crippen LogP contribution in [0.1, 0.15) is 24.6 Å². The molecule has 4 aromatic rings. The Morgan fingerprint density at radius 2 is 2.16 bits per heavy atom. The number of nitrogens with zero attached hydrogens (tertiary/aromatic N) is 4. The van der Waals surface area contributed by atoms with Crippen molar-refractivity contribution in [2.75, 3.05) is 25.0 Å². The van der Waals surface area contributed by atoms with E-state index in [0.717, 1.165) is 61.8 Å². The minimum Gasteiger partial charge on any atom is -0.340 e. The smallest absolute Gasteiger partial charge is 0.317 e. The van der Waals surface area contributed by atoms with Crippen molar-refractivity contribution in [1.82, 2.24) is 25.2 Å². The number of nitrogens with one attached hydrogen (secondary N) is 2. The fourth-order valence-corrected chi connectivity index (χ4v) is 5.31. The number of aromatic nitrogens is 3. The first-order valence-corrected chi connectivity index (χ1v) is 12.0. The van der Waals surface area contributed by atoms with Crippen molar-refractivity contribution < 1.29 is 4.79 Å². The third-order valence-electron chi connectivity index (χ3n) is 5.20. The van der Waals surface area contributed by atoms with Crippen molar-refractivity contribution in [1.29, 1.82) is 0 Å². The molecule has 0 radical (unpaired) electrons. The average Bonchev–Trinajstić information content (AvgIpc) is 3.45. The molecular formula is C22H22N6OS2. The zero-order valence-electron chi connectivity index (χ0n) is 17.1. The number of hydrogen-bond acceptors (Lipinski definition) is 7. The van der Waals surface area contributed by atoms with E-state index >= 15 is 0 Å². The standard InChI is InChI=1S/C22H22N6OS2/c1-2-7-23-22(29)28-8-3-4-14(11-28)19-10-16-20(24-12-25-21(16)31-19)27-15-5-6-18-17(9-15)26-13-30-18/h4-6,9-10,12-13H,2-3,7-8,11H2,1H3,(H,23,29)(H,24,25,27). The number of thiophene rings is 1. The van der Waals surface area contributed by atoms with Crippen molar-refractivity contribution in [3.8, 4) is 0 Å². The fraction of sp³-hybridized carbons (Fsp3) is 0.273. The second kappa shape index (κ2) is 8.60. The molecule has 7 nitrogen and oxygen atoms in total. The van der Waals surface area contributed by atoms with Gasteiger partial charge in [0.25, 0.3) is 0 Å². The van der Waals surface area contributed by atoms with Crippen molar-refractivity contribution in [3.05, 3.63) is 47.1 Å². The summed E-state index contributed by atoms with van der Waals surface area (Å²) < 4.78 is 1.16. The molecule has 1 aromatic carbocycles. The highest BCUT2D eigenvalue weighted by Gasteiger charge is 2.20. The molecule has 0 bridgehead atoms. The monoisotopic (exact) mass is 450 g/mol. The van der Waals surface area contributed by atoms with Gasteiger partial charge in [0.2, 0.25) is 0 Å². The summed E-state index contributed by atoms with van der Waals surface area (Å²) in [4.78, 5) is 29.7. The fourth-order valence-electron chi connectivity index (χ4n) is 3.63. The van der Waals surface area contributed by atoms with Crippen LogP contribution in [0.4, 0.5) is 16.3 Å². The van der Waals surface area contributed by atoms with Crippen LogP contribution in [-0.2, 0) is 0 Å². The van der Waals surface area contributed by atoms with Crippen molar-refractivity contribution in [2.45, 2.75) is 19.8 Å². The van der Waals surface area contributed by atoms with E-state index in [-0.39, 0.29) is 6.03 Å². The zero-order valence-corrected chi connectivity index (χ0v) is 18.7. The van der Waals surface area contributed by atoms with Crippen LogP contribution >= 0.6 is 22.7 Å². The summed E-state index contributed by atoms with van der Waals surface area (Å²) in [7, 11) is 0. The Bertz CT molecular complexity index is 1280. The van der Waals surface area contributed by atoms with Crippen LogP contribution in [0.5, 0.6) is 0 Å². The first-order valence-electron chi connectivity index (χ1n) is 10.3. The lowest BCUT2D eigenvalue weighted by molar-refractivity contribution is 0.203. The van der Waals surface area contributed by atoms with E-state index in [2.05, 4.69) is 50.7 Å². The van der Waals surface area contributed by atoms with Gasteiger partial charge in [-0.05, 0) is 42.7 Å². The molecule has 1 aliphatic heterocycles. The number of hydrogen-bond donors (Lipinski definition) is 2. The minimum absolute atomic E-state index is 0.00754. The third-order valence-corrected chi connectivity index (χ3v) is 7.13. The number of urea groups is 1. The van der Waals surface area contributed by atoms with E-state index in [1.165, 1.54) is 0 Å². The molecule has 4 heterocycles. The van der Waals surface area contributed by atoms with Gasteiger partial charge in [0.1, 0.15) is 17.0 Å². The lowest BCUT2D eigenvalue weighted by Gasteiger charge is -2.27. The maximum absolute atomic E-state index is 12.4. The maximum Gasteiger partial charge on any atom is 0.317 e. The number of thiazole rings is 1. The number of benzene rings is 1. The summed E-state index contributed by atoms with van der Waals surface area (Å²) in [5, 5.41) is 7.38. The van der Waals surface area contributed by atoms with E-state index in [1.54, 1.807) is 29.0 Å². The highest BCUT2D eigenvalue weighted by Crippen LogP contribution is 2.35. The lowest BCUT2D eigenvalue weighted by Crippen LogP contribution is -2.42. The summed E-state index contributed by atoms with van der Waals surface area (Å²) in [6, 6.07) is 8.27. The van der Waals surface area contributed by atoms with Gasteiger partial charge in [-0.25, -0.2) is 19.7 Å². The molecule has 31 heavy (non-hydrogen) atoms. The van der Waals surface area contributed by atoms with Gasteiger partial charge in [0.15, 0.2) is 0 Å². The van der Waals surface area contributed by atoms with Crippen LogP contribution < -0.4 is 10.6 Å². The topological polar surface area (TPSA) is 83.0 Å². The van der Waals surface area contributed by atoms with Crippen molar-refractivity contribution in [2.24, 2.45) is 0 Å². The van der Waals surface area contributed by atoms with Crippen LogP contribution in [0.25, 0.3) is 26.0 Å². The average molecular weight is 451 g/mol. The van der Waals surface area contributed by atoms with Gasteiger partial charge in [-0.2, -0.15) is 0 Å². The van der Waals surface area contributed by atoms with Gasteiger partial charge in [-0.1, -0.05) is 13.0 Å². The van der Waals surface area contributed by atoms with Crippen molar-refractivity contribution >= 4 is 66.2 Å². The van der Waals surface area contributed by atoms with Crippen LogP contribution in [-0.4, -0.2) is 45.5 Å². The molecule has 0 unspecified atom stereocenters. The third kappa shape index (κ3) is 4.11. The molecule has 5 rings (SSSR count).